The van der Waals surface area contributed by atoms with Gasteiger partial charge in [0.25, 0.3) is 0 Å². The smallest absolute Gasteiger partial charge is 0.381 e. The highest BCUT2D eigenvalue weighted by atomic mass is 16.4. The first kappa shape index (κ1) is 9.03. The third-order valence-electron chi connectivity index (χ3n) is 1.34. The molecule has 0 spiro atoms. The number of aliphatic carboxylic acids is 1. The predicted molar refractivity (Wildman–Crippen MR) is 39.5 cm³/mol. The summed E-state index contributed by atoms with van der Waals surface area (Å²) in [5.41, 5.74) is 0. The Bertz CT molecular complexity index is 162. The second-order valence-corrected chi connectivity index (χ2v) is 2.32. The molecule has 0 heterocycles. The molecule has 56 valence electrons. The summed E-state index contributed by atoms with van der Waals surface area (Å²) >= 11 is 0. The zero-order valence-electron chi connectivity index (χ0n) is 6.35. The molecular formula is C8H12O2. The largest absolute Gasteiger partial charge is 0.472 e. The molecule has 0 amide bonds. The van der Waals surface area contributed by atoms with Crippen LogP contribution in [0.2, 0.25) is 0 Å². The highest BCUT2D eigenvalue weighted by molar-refractivity contribution is 5.86. The summed E-state index contributed by atoms with van der Waals surface area (Å²) in [6.45, 7) is 4.11. The van der Waals surface area contributed by atoms with Gasteiger partial charge in [-0.05, 0) is 5.92 Å². The van der Waals surface area contributed by atoms with Crippen LogP contribution in [0.25, 0.3) is 0 Å². The topological polar surface area (TPSA) is 37.3 Å². The van der Waals surface area contributed by atoms with Crippen molar-refractivity contribution in [2.45, 2.75) is 26.7 Å². The van der Waals surface area contributed by atoms with Crippen LogP contribution in [0.15, 0.2) is 0 Å². The van der Waals surface area contributed by atoms with E-state index in [1.807, 2.05) is 0 Å². The molecule has 0 aliphatic rings. The molecule has 0 fully saturated rings. The quantitative estimate of drug-likeness (QED) is 0.590. The molecule has 1 unspecified atom stereocenters. The molecule has 0 rings (SSSR count). The van der Waals surface area contributed by atoms with Gasteiger partial charge in [-0.2, -0.15) is 0 Å². The highest BCUT2D eigenvalue weighted by Gasteiger charge is 1.93. The van der Waals surface area contributed by atoms with Gasteiger partial charge in [0.2, 0.25) is 0 Å². The number of rotatable bonds is 2. The fourth-order valence-electron chi connectivity index (χ4n) is 0.445. The van der Waals surface area contributed by atoms with Crippen LogP contribution >= 0.6 is 0 Å². The lowest BCUT2D eigenvalue weighted by atomic mass is 10.1. The standard InChI is InChI=1S/C8H12O2/c1-3-7(2)5-4-6-8(9)10/h7H,3,5H2,1-2H3,(H,9,10). The average Bonchev–Trinajstić information content (AvgIpc) is 1.87. The third kappa shape index (κ3) is 5.17. The SMILES string of the molecule is CCC(C)CC#CC(=O)O. The van der Waals surface area contributed by atoms with Crippen LogP contribution in [0.5, 0.6) is 0 Å². The van der Waals surface area contributed by atoms with Crippen molar-refractivity contribution in [3.63, 3.8) is 0 Å². The maximum absolute atomic E-state index is 9.90. The van der Waals surface area contributed by atoms with Crippen molar-refractivity contribution in [1.29, 1.82) is 0 Å². The van der Waals surface area contributed by atoms with Gasteiger partial charge >= 0.3 is 5.97 Å². The molecule has 2 nitrogen and oxygen atoms in total. The van der Waals surface area contributed by atoms with Crippen molar-refractivity contribution in [2.75, 3.05) is 0 Å². The van der Waals surface area contributed by atoms with Gasteiger partial charge in [-0.15, -0.1) is 0 Å². The summed E-state index contributed by atoms with van der Waals surface area (Å²) in [7, 11) is 0. The van der Waals surface area contributed by atoms with Gasteiger partial charge in [0.1, 0.15) is 0 Å². The first-order chi connectivity index (χ1) is 4.66. The monoisotopic (exact) mass is 140 g/mol. The lowest BCUT2D eigenvalue weighted by molar-refractivity contribution is -0.130. The minimum atomic E-state index is -1.04. The summed E-state index contributed by atoms with van der Waals surface area (Å²) in [6, 6.07) is 0. The number of carboxylic acids is 1. The second kappa shape index (κ2) is 4.87. The Balaban J connectivity index is 3.55. The van der Waals surface area contributed by atoms with Crippen molar-refractivity contribution in [1.82, 2.24) is 0 Å². The van der Waals surface area contributed by atoms with Crippen molar-refractivity contribution in [2.24, 2.45) is 5.92 Å². The van der Waals surface area contributed by atoms with E-state index in [-0.39, 0.29) is 0 Å². The van der Waals surface area contributed by atoms with E-state index in [4.69, 9.17) is 5.11 Å². The first-order valence-electron chi connectivity index (χ1n) is 3.38. The summed E-state index contributed by atoms with van der Waals surface area (Å²) in [5.74, 6) is 4.13. The molecule has 0 radical (unpaired) electrons. The molecule has 0 aromatic rings. The van der Waals surface area contributed by atoms with Gasteiger partial charge in [0, 0.05) is 12.3 Å². The Morgan fingerprint density at radius 3 is 2.70 bits per heavy atom. The summed E-state index contributed by atoms with van der Waals surface area (Å²) in [4.78, 5) is 9.90. The van der Waals surface area contributed by atoms with E-state index in [9.17, 15) is 4.79 Å². The van der Waals surface area contributed by atoms with Crippen molar-refractivity contribution in [3.8, 4) is 11.8 Å². The van der Waals surface area contributed by atoms with Crippen LogP contribution < -0.4 is 0 Å². The first-order valence-corrected chi connectivity index (χ1v) is 3.38. The van der Waals surface area contributed by atoms with Crippen LogP contribution in [0, 0.1) is 17.8 Å². The molecule has 0 saturated carbocycles. The zero-order valence-corrected chi connectivity index (χ0v) is 6.35. The Kier molecular flexibility index (Phi) is 4.39. The number of hydrogen-bond donors (Lipinski definition) is 1. The number of hydrogen-bond acceptors (Lipinski definition) is 1. The molecule has 2 heteroatoms. The van der Waals surface area contributed by atoms with Crippen LogP contribution in [0.1, 0.15) is 26.7 Å². The molecule has 0 aromatic heterocycles. The Labute approximate surface area is 61.2 Å². The molecular weight excluding hydrogens is 128 g/mol. The number of carboxylic acid groups (broad SMARTS) is 1. The zero-order chi connectivity index (χ0) is 7.98. The van der Waals surface area contributed by atoms with Gasteiger partial charge in [0.15, 0.2) is 0 Å². The molecule has 0 aliphatic carbocycles. The predicted octanol–water partition coefficient (Wildman–Crippen LogP) is 1.51. The van der Waals surface area contributed by atoms with Gasteiger partial charge < -0.3 is 5.11 Å². The maximum atomic E-state index is 9.90. The lowest BCUT2D eigenvalue weighted by Crippen LogP contribution is -1.91. The fourth-order valence-corrected chi connectivity index (χ4v) is 0.445. The Hall–Kier alpha value is -0.970. The molecule has 0 aromatic carbocycles. The van der Waals surface area contributed by atoms with Crippen LogP contribution in [-0.2, 0) is 4.79 Å². The Morgan fingerprint density at radius 2 is 2.30 bits per heavy atom. The molecule has 0 aliphatic heterocycles. The van der Waals surface area contributed by atoms with E-state index >= 15 is 0 Å². The summed E-state index contributed by atoms with van der Waals surface area (Å²) < 4.78 is 0. The van der Waals surface area contributed by atoms with Gasteiger partial charge in [0.05, 0.1) is 0 Å². The van der Waals surface area contributed by atoms with E-state index in [1.165, 1.54) is 0 Å². The minimum Gasteiger partial charge on any atom is -0.472 e. The minimum absolute atomic E-state index is 0.506. The Morgan fingerprint density at radius 1 is 1.70 bits per heavy atom. The lowest BCUT2D eigenvalue weighted by Gasteiger charge is -1.98. The van der Waals surface area contributed by atoms with E-state index in [0.717, 1.165) is 6.42 Å². The van der Waals surface area contributed by atoms with E-state index in [2.05, 4.69) is 25.7 Å². The van der Waals surface area contributed by atoms with Gasteiger partial charge in [-0.3, -0.25) is 0 Å². The van der Waals surface area contributed by atoms with Crippen LogP contribution in [0.4, 0.5) is 0 Å². The van der Waals surface area contributed by atoms with Gasteiger partial charge in [-0.25, -0.2) is 4.79 Å². The van der Waals surface area contributed by atoms with E-state index in [0.29, 0.717) is 12.3 Å². The van der Waals surface area contributed by atoms with E-state index < -0.39 is 5.97 Å². The van der Waals surface area contributed by atoms with Crippen molar-refractivity contribution >= 4 is 5.97 Å². The van der Waals surface area contributed by atoms with Crippen LogP contribution in [-0.4, -0.2) is 11.1 Å². The normalized spacial score (nSPS) is 11.4. The molecule has 1 atom stereocenters. The van der Waals surface area contributed by atoms with E-state index in [1.54, 1.807) is 0 Å². The van der Waals surface area contributed by atoms with Crippen molar-refractivity contribution in [3.05, 3.63) is 0 Å². The highest BCUT2D eigenvalue weighted by Crippen LogP contribution is 2.03. The molecule has 10 heavy (non-hydrogen) atoms. The molecule has 0 bridgehead atoms. The second-order valence-electron chi connectivity index (χ2n) is 2.32. The maximum Gasteiger partial charge on any atom is 0.381 e. The molecule has 1 N–H and O–H groups in total. The van der Waals surface area contributed by atoms with Crippen molar-refractivity contribution < 1.29 is 9.90 Å². The molecule has 0 saturated heterocycles. The van der Waals surface area contributed by atoms with Gasteiger partial charge in [-0.1, -0.05) is 26.2 Å². The summed E-state index contributed by atoms with van der Waals surface area (Å²) in [5, 5.41) is 8.13. The third-order valence-corrected chi connectivity index (χ3v) is 1.34. The van der Waals surface area contributed by atoms with Crippen LogP contribution in [0.3, 0.4) is 0 Å². The average molecular weight is 140 g/mol. The fraction of sp³-hybridized carbons (Fsp3) is 0.625. The number of carbonyl (C=O) groups is 1. The summed E-state index contributed by atoms with van der Waals surface area (Å²) in [6.07, 6.45) is 1.73.